The second-order valence-electron chi connectivity index (χ2n) is 7.07. The topological polar surface area (TPSA) is 62.1 Å². The summed E-state index contributed by atoms with van der Waals surface area (Å²) >= 11 is 0. The molecule has 1 amide bonds. The molecule has 5 nitrogen and oxygen atoms in total. The molecule has 0 heterocycles. The van der Waals surface area contributed by atoms with E-state index in [1.807, 2.05) is 6.07 Å². The third-order valence-electron chi connectivity index (χ3n) is 4.85. The number of aliphatic hydroxyl groups is 1. The summed E-state index contributed by atoms with van der Waals surface area (Å²) < 4.78 is 5.74. The normalized spacial score (nSPS) is 16.4. The van der Waals surface area contributed by atoms with E-state index >= 15 is 0 Å². The molecule has 1 aromatic carbocycles. The molecule has 1 atom stereocenters. The summed E-state index contributed by atoms with van der Waals surface area (Å²) in [7, 11) is 1.78. The van der Waals surface area contributed by atoms with Gasteiger partial charge in [0.15, 0.2) is 0 Å². The Bertz CT molecular complexity index is 636. The number of carbonyl (C=O) groups excluding carboxylic acids is 1. The second-order valence-corrected chi connectivity index (χ2v) is 7.07. The lowest BCUT2D eigenvalue weighted by atomic mass is 9.82. The first-order valence-electron chi connectivity index (χ1n) is 9.30. The van der Waals surface area contributed by atoms with E-state index in [9.17, 15) is 9.90 Å². The predicted octanol–water partition coefficient (Wildman–Crippen LogP) is 3.46. The molecule has 0 bridgehead atoms. The Morgan fingerprint density at radius 1 is 1.42 bits per heavy atom. The van der Waals surface area contributed by atoms with E-state index in [0.717, 1.165) is 5.75 Å². The second kappa shape index (κ2) is 10.1. The van der Waals surface area contributed by atoms with Crippen molar-refractivity contribution in [3.05, 3.63) is 41.6 Å². The van der Waals surface area contributed by atoms with Gasteiger partial charge in [-0.25, -0.2) is 4.99 Å². The van der Waals surface area contributed by atoms with Crippen molar-refractivity contribution in [3.8, 4) is 5.75 Å². The molecule has 2 rings (SSSR count). The van der Waals surface area contributed by atoms with E-state index in [4.69, 9.17) is 4.74 Å². The van der Waals surface area contributed by atoms with Crippen LogP contribution in [-0.4, -0.2) is 48.9 Å². The molecule has 1 fully saturated rings. The first-order valence-corrected chi connectivity index (χ1v) is 9.30. The maximum atomic E-state index is 11.1. The highest BCUT2D eigenvalue weighted by molar-refractivity contribution is 5.90. The fourth-order valence-electron chi connectivity index (χ4n) is 3.49. The highest BCUT2D eigenvalue weighted by Gasteiger charge is 2.17. The Morgan fingerprint density at radius 2 is 2.15 bits per heavy atom. The first-order chi connectivity index (χ1) is 12.5. The molecule has 0 spiro atoms. The number of aliphatic imine (C=N–C) groups is 1. The third kappa shape index (κ3) is 6.30. The van der Waals surface area contributed by atoms with E-state index in [2.05, 4.69) is 30.8 Å². The minimum Gasteiger partial charge on any atom is -0.491 e. The lowest BCUT2D eigenvalue weighted by molar-refractivity contribution is -0.113. The Balaban J connectivity index is 1.83. The van der Waals surface area contributed by atoms with Crippen LogP contribution in [0.5, 0.6) is 5.75 Å². The number of hydrogen-bond donors (Lipinski definition) is 1. The molecule has 0 radical (unpaired) electrons. The molecule has 0 aliphatic heterocycles. The smallest absolute Gasteiger partial charge is 0.270 e. The monoisotopic (exact) mass is 358 g/mol. The SMILES string of the molecule is C=NC(=O)/C=C\N(C)C[C@H](O)COc1ccc(C2CCCCC2)c(C)c1. The molecular weight excluding hydrogens is 328 g/mol. The minimum atomic E-state index is -0.658. The molecule has 26 heavy (non-hydrogen) atoms. The maximum absolute atomic E-state index is 11.1. The fourth-order valence-corrected chi connectivity index (χ4v) is 3.49. The van der Waals surface area contributed by atoms with Crippen LogP contribution in [0, 0.1) is 6.92 Å². The van der Waals surface area contributed by atoms with Gasteiger partial charge in [-0.15, -0.1) is 0 Å². The lowest BCUT2D eigenvalue weighted by Gasteiger charge is -2.24. The van der Waals surface area contributed by atoms with Crippen LogP contribution in [0.4, 0.5) is 0 Å². The van der Waals surface area contributed by atoms with Gasteiger partial charge in [0.1, 0.15) is 18.5 Å². The molecule has 1 aliphatic rings. The van der Waals surface area contributed by atoms with Gasteiger partial charge in [-0.2, -0.15) is 0 Å². The molecule has 0 unspecified atom stereocenters. The summed E-state index contributed by atoms with van der Waals surface area (Å²) in [6.45, 7) is 5.87. The zero-order chi connectivity index (χ0) is 18.9. The lowest BCUT2D eigenvalue weighted by Crippen LogP contribution is -2.30. The molecule has 1 saturated carbocycles. The van der Waals surface area contributed by atoms with Crippen LogP contribution in [0.1, 0.15) is 49.1 Å². The summed E-state index contributed by atoms with van der Waals surface area (Å²) in [5.74, 6) is 1.05. The van der Waals surface area contributed by atoms with Gasteiger partial charge in [0, 0.05) is 25.9 Å². The number of amides is 1. The zero-order valence-electron chi connectivity index (χ0n) is 15.9. The highest BCUT2D eigenvalue weighted by Crippen LogP contribution is 2.35. The van der Waals surface area contributed by atoms with Crippen LogP contribution in [0.15, 0.2) is 35.5 Å². The average molecular weight is 358 g/mol. The molecule has 5 heteroatoms. The summed E-state index contributed by atoms with van der Waals surface area (Å²) in [4.78, 5) is 16.0. The number of likely N-dealkylation sites (N-methyl/N-ethyl adjacent to an activating group) is 1. The van der Waals surface area contributed by atoms with E-state index in [1.54, 1.807) is 18.1 Å². The molecule has 1 aliphatic carbocycles. The van der Waals surface area contributed by atoms with E-state index in [0.29, 0.717) is 12.5 Å². The number of rotatable bonds is 8. The summed E-state index contributed by atoms with van der Waals surface area (Å²) in [5, 5.41) is 10.1. The molecule has 1 N–H and O–H groups in total. The number of carbonyl (C=O) groups is 1. The van der Waals surface area contributed by atoms with Crippen molar-refractivity contribution in [1.82, 2.24) is 4.90 Å². The van der Waals surface area contributed by atoms with Crippen molar-refractivity contribution >= 4 is 12.6 Å². The third-order valence-corrected chi connectivity index (χ3v) is 4.85. The first kappa shape index (κ1) is 20.2. The van der Waals surface area contributed by atoms with Crippen molar-refractivity contribution < 1.29 is 14.6 Å². The van der Waals surface area contributed by atoms with Crippen LogP contribution in [0.3, 0.4) is 0 Å². The van der Waals surface area contributed by atoms with Gasteiger partial charge in [-0.3, -0.25) is 4.79 Å². The summed E-state index contributed by atoms with van der Waals surface area (Å²) in [6, 6.07) is 6.24. The van der Waals surface area contributed by atoms with Crippen molar-refractivity contribution in [3.63, 3.8) is 0 Å². The maximum Gasteiger partial charge on any atom is 0.270 e. The van der Waals surface area contributed by atoms with Crippen molar-refractivity contribution in [2.45, 2.75) is 51.0 Å². The zero-order valence-corrected chi connectivity index (χ0v) is 15.9. The Kier molecular flexibility index (Phi) is 7.85. The van der Waals surface area contributed by atoms with E-state index in [-0.39, 0.29) is 6.61 Å². The van der Waals surface area contributed by atoms with Crippen molar-refractivity contribution in [2.75, 3.05) is 20.2 Å². The number of aryl methyl sites for hydroxylation is 1. The van der Waals surface area contributed by atoms with Gasteiger partial charge in [-0.1, -0.05) is 25.3 Å². The predicted molar refractivity (Wildman–Crippen MR) is 105 cm³/mol. The van der Waals surface area contributed by atoms with Crippen LogP contribution < -0.4 is 4.74 Å². The van der Waals surface area contributed by atoms with Gasteiger partial charge >= 0.3 is 0 Å². The van der Waals surface area contributed by atoms with E-state index in [1.165, 1.54) is 49.3 Å². The minimum absolute atomic E-state index is 0.202. The molecular formula is C21H30N2O3. The largest absolute Gasteiger partial charge is 0.491 e. The number of benzene rings is 1. The quantitative estimate of drug-likeness (QED) is 0.571. The number of aliphatic hydroxyl groups excluding tert-OH is 1. The van der Waals surface area contributed by atoms with Crippen LogP contribution in [-0.2, 0) is 4.79 Å². The summed E-state index contributed by atoms with van der Waals surface area (Å²) in [5.41, 5.74) is 2.70. The Morgan fingerprint density at radius 3 is 2.81 bits per heavy atom. The van der Waals surface area contributed by atoms with Gasteiger partial charge < -0.3 is 14.7 Å². The number of hydrogen-bond acceptors (Lipinski definition) is 4. The average Bonchev–Trinajstić information content (AvgIpc) is 2.65. The number of ether oxygens (including phenoxy) is 1. The standard InChI is InChI=1S/C21H30N2O3/c1-16-13-19(9-10-20(16)17-7-5-4-6-8-17)26-15-18(24)14-23(3)12-11-21(25)22-2/h9-13,17-18,24H,2,4-8,14-15H2,1,3H3/b12-11-/t18-/m0/s1. The van der Waals surface area contributed by atoms with Crippen LogP contribution in [0.25, 0.3) is 0 Å². The van der Waals surface area contributed by atoms with Crippen molar-refractivity contribution in [1.29, 1.82) is 0 Å². The van der Waals surface area contributed by atoms with Gasteiger partial charge in [-0.05, 0) is 55.7 Å². The molecule has 0 aromatic heterocycles. The van der Waals surface area contributed by atoms with Gasteiger partial charge in [0.05, 0.1) is 0 Å². The molecule has 0 saturated heterocycles. The van der Waals surface area contributed by atoms with E-state index < -0.39 is 12.0 Å². The molecule has 1 aromatic rings. The van der Waals surface area contributed by atoms with Crippen LogP contribution >= 0.6 is 0 Å². The van der Waals surface area contributed by atoms with Crippen LogP contribution in [0.2, 0.25) is 0 Å². The number of nitrogens with zero attached hydrogens (tertiary/aromatic N) is 2. The summed E-state index contributed by atoms with van der Waals surface area (Å²) in [6.07, 6.45) is 8.80. The van der Waals surface area contributed by atoms with Gasteiger partial charge in [0.2, 0.25) is 0 Å². The Labute approximate surface area is 156 Å². The highest BCUT2D eigenvalue weighted by atomic mass is 16.5. The van der Waals surface area contributed by atoms with Gasteiger partial charge in [0.25, 0.3) is 5.91 Å². The molecule has 142 valence electrons. The van der Waals surface area contributed by atoms with Crippen molar-refractivity contribution in [2.24, 2.45) is 4.99 Å². The fraction of sp³-hybridized carbons (Fsp3) is 0.524. The Hall–Kier alpha value is -2.14.